The number of hydrogen-bond acceptors (Lipinski definition) is 4. The molecule has 3 rings (SSSR count). The molecular weight excluding hydrogens is 266 g/mol. The number of hydrogen-bond donors (Lipinski definition) is 0. The maximum Gasteiger partial charge on any atom is 0.251 e. The first-order chi connectivity index (χ1) is 9.24. The van der Waals surface area contributed by atoms with E-state index in [1.54, 1.807) is 24.3 Å². The van der Waals surface area contributed by atoms with E-state index < -0.39 is 6.23 Å². The van der Waals surface area contributed by atoms with Crippen molar-refractivity contribution < 1.29 is 9.53 Å². The van der Waals surface area contributed by atoms with Gasteiger partial charge in [0.25, 0.3) is 6.23 Å². The summed E-state index contributed by atoms with van der Waals surface area (Å²) in [6.07, 6.45) is 3.97. The van der Waals surface area contributed by atoms with Crippen molar-refractivity contribution in [1.82, 2.24) is 14.8 Å². The van der Waals surface area contributed by atoms with Gasteiger partial charge in [-0.2, -0.15) is 5.10 Å². The monoisotopic (exact) mass is 277 g/mol. The van der Waals surface area contributed by atoms with Gasteiger partial charge in [-0.1, -0.05) is 11.6 Å². The molecule has 0 aliphatic heterocycles. The maximum absolute atomic E-state index is 12.2. The van der Waals surface area contributed by atoms with E-state index >= 15 is 0 Å². The average molecular weight is 278 g/mol. The smallest absolute Gasteiger partial charge is 0.251 e. The lowest BCUT2D eigenvalue weighted by Crippen LogP contribution is -2.27. The van der Waals surface area contributed by atoms with Gasteiger partial charge in [0.1, 0.15) is 18.4 Å². The number of carbonyl (C=O) groups is 1. The molecular formula is C13H12ClN3O2. The van der Waals surface area contributed by atoms with Gasteiger partial charge in [0.05, 0.1) is 0 Å². The highest BCUT2D eigenvalue weighted by Gasteiger charge is 2.37. The molecule has 1 aliphatic carbocycles. The van der Waals surface area contributed by atoms with E-state index in [0.29, 0.717) is 10.8 Å². The fourth-order valence-electron chi connectivity index (χ4n) is 1.79. The third-order valence-electron chi connectivity index (χ3n) is 2.96. The molecule has 1 unspecified atom stereocenters. The second kappa shape index (κ2) is 5.01. The summed E-state index contributed by atoms with van der Waals surface area (Å²) in [7, 11) is 0. The van der Waals surface area contributed by atoms with Crippen molar-refractivity contribution in [3.05, 3.63) is 41.9 Å². The molecule has 0 spiro atoms. The highest BCUT2D eigenvalue weighted by atomic mass is 35.5. The molecule has 0 radical (unpaired) electrons. The number of Topliss-reactive ketones (excluding diaryl/α,β-unsaturated/α-hetero) is 1. The average Bonchev–Trinajstić information content (AvgIpc) is 3.13. The van der Waals surface area contributed by atoms with Crippen molar-refractivity contribution in [3.63, 3.8) is 0 Å². The Morgan fingerprint density at radius 3 is 2.68 bits per heavy atom. The van der Waals surface area contributed by atoms with Gasteiger partial charge in [0.15, 0.2) is 5.78 Å². The van der Waals surface area contributed by atoms with Gasteiger partial charge in [-0.05, 0) is 37.1 Å². The first kappa shape index (κ1) is 12.2. The molecule has 1 fully saturated rings. The summed E-state index contributed by atoms with van der Waals surface area (Å²) in [5, 5.41) is 4.62. The Morgan fingerprint density at radius 1 is 1.37 bits per heavy atom. The van der Waals surface area contributed by atoms with E-state index in [1.165, 1.54) is 17.3 Å². The predicted molar refractivity (Wildman–Crippen MR) is 68.9 cm³/mol. The van der Waals surface area contributed by atoms with E-state index in [0.717, 1.165) is 12.8 Å². The van der Waals surface area contributed by atoms with Gasteiger partial charge < -0.3 is 4.74 Å². The van der Waals surface area contributed by atoms with E-state index in [-0.39, 0.29) is 11.7 Å². The molecule has 1 saturated carbocycles. The Bertz CT molecular complexity index is 564. The molecule has 98 valence electrons. The van der Waals surface area contributed by atoms with Crippen molar-refractivity contribution >= 4 is 17.4 Å². The first-order valence-electron chi connectivity index (χ1n) is 6.04. The van der Waals surface area contributed by atoms with Gasteiger partial charge >= 0.3 is 0 Å². The van der Waals surface area contributed by atoms with Gasteiger partial charge in [0, 0.05) is 10.9 Å². The van der Waals surface area contributed by atoms with Crippen LogP contribution in [0.1, 0.15) is 19.1 Å². The van der Waals surface area contributed by atoms with Crippen molar-refractivity contribution in [3.8, 4) is 5.75 Å². The lowest BCUT2D eigenvalue weighted by molar-refractivity contribution is -0.131. The van der Waals surface area contributed by atoms with Crippen LogP contribution in [0.15, 0.2) is 36.9 Å². The van der Waals surface area contributed by atoms with Crippen LogP contribution >= 0.6 is 11.6 Å². The number of halogens is 1. The van der Waals surface area contributed by atoms with E-state index in [2.05, 4.69) is 10.1 Å². The van der Waals surface area contributed by atoms with Crippen LogP contribution in [-0.2, 0) is 4.79 Å². The fourth-order valence-corrected chi connectivity index (χ4v) is 1.92. The number of ketones is 1. The van der Waals surface area contributed by atoms with Crippen LogP contribution in [0.2, 0.25) is 5.02 Å². The van der Waals surface area contributed by atoms with Crippen LogP contribution in [0.5, 0.6) is 5.75 Å². The zero-order valence-electron chi connectivity index (χ0n) is 10.1. The van der Waals surface area contributed by atoms with Crippen LogP contribution < -0.4 is 4.74 Å². The Hall–Kier alpha value is -1.88. The summed E-state index contributed by atoms with van der Waals surface area (Å²) in [5.74, 6) is 0.709. The quantitative estimate of drug-likeness (QED) is 0.842. The summed E-state index contributed by atoms with van der Waals surface area (Å²) in [5.41, 5.74) is 0. The molecule has 19 heavy (non-hydrogen) atoms. The minimum Gasteiger partial charge on any atom is -0.461 e. The topological polar surface area (TPSA) is 57.0 Å². The molecule has 0 bridgehead atoms. The fraction of sp³-hybridized carbons (Fsp3) is 0.308. The summed E-state index contributed by atoms with van der Waals surface area (Å²) < 4.78 is 7.17. The van der Waals surface area contributed by atoms with E-state index in [1.807, 2.05) is 0 Å². The number of carbonyl (C=O) groups excluding carboxylic acids is 1. The maximum atomic E-state index is 12.2. The highest BCUT2D eigenvalue weighted by molar-refractivity contribution is 6.30. The number of nitrogens with zero attached hydrogens (tertiary/aromatic N) is 3. The minimum absolute atomic E-state index is 0.0421. The van der Waals surface area contributed by atoms with E-state index in [9.17, 15) is 4.79 Å². The predicted octanol–water partition coefficient (Wildman–Crippen LogP) is 2.49. The van der Waals surface area contributed by atoms with Crippen molar-refractivity contribution in [2.45, 2.75) is 19.1 Å². The molecule has 0 N–H and O–H groups in total. The zero-order valence-corrected chi connectivity index (χ0v) is 10.8. The Balaban J connectivity index is 1.82. The van der Waals surface area contributed by atoms with Gasteiger partial charge in [0.2, 0.25) is 0 Å². The van der Waals surface area contributed by atoms with Crippen LogP contribution in [0.25, 0.3) is 0 Å². The molecule has 0 amide bonds. The second-order valence-electron chi connectivity index (χ2n) is 4.48. The number of benzene rings is 1. The van der Waals surface area contributed by atoms with E-state index in [4.69, 9.17) is 16.3 Å². The first-order valence-corrected chi connectivity index (χ1v) is 6.42. The largest absolute Gasteiger partial charge is 0.461 e. The molecule has 5 nitrogen and oxygen atoms in total. The standard InChI is InChI=1S/C13H12ClN3O2/c14-10-3-5-11(6-4-10)19-13(12(18)9-1-2-9)17-8-15-7-16-17/h3-9,13H,1-2H2. The molecule has 1 aromatic carbocycles. The third-order valence-corrected chi connectivity index (χ3v) is 3.21. The zero-order chi connectivity index (χ0) is 13.2. The highest BCUT2D eigenvalue weighted by Crippen LogP contribution is 2.34. The van der Waals surface area contributed by atoms with Crippen molar-refractivity contribution in [2.24, 2.45) is 5.92 Å². The van der Waals surface area contributed by atoms with Crippen molar-refractivity contribution in [1.29, 1.82) is 0 Å². The lowest BCUT2D eigenvalue weighted by Gasteiger charge is -2.17. The molecule has 1 heterocycles. The number of rotatable bonds is 5. The second-order valence-corrected chi connectivity index (χ2v) is 4.91. The molecule has 1 aliphatic rings. The third kappa shape index (κ3) is 2.76. The Morgan fingerprint density at radius 2 is 2.11 bits per heavy atom. The molecule has 1 aromatic heterocycles. The molecule has 6 heteroatoms. The molecule has 0 saturated heterocycles. The van der Waals surface area contributed by atoms with Gasteiger partial charge in [-0.15, -0.1) is 0 Å². The Labute approximate surface area is 115 Å². The van der Waals surface area contributed by atoms with Gasteiger partial charge in [-0.3, -0.25) is 4.79 Å². The number of aromatic nitrogens is 3. The minimum atomic E-state index is -0.754. The SMILES string of the molecule is O=C(C1CC1)C(Oc1ccc(Cl)cc1)n1cncn1. The normalized spacial score (nSPS) is 16.1. The summed E-state index contributed by atoms with van der Waals surface area (Å²) in [6.45, 7) is 0. The molecule has 2 aromatic rings. The lowest BCUT2D eigenvalue weighted by atomic mass is 10.2. The van der Waals surface area contributed by atoms with Crippen LogP contribution in [0, 0.1) is 5.92 Å². The Kier molecular flexibility index (Phi) is 3.21. The van der Waals surface area contributed by atoms with Crippen LogP contribution in [-0.4, -0.2) is 20.5 Å². The van der Waals surface area contributed by atoms with Crippen LogP contribution in [0.3, 0.4) is 0 Å². The molecule has 1 atom stereocenters. The van der Waals surface area contributed by atoms with Crippen molar-refractivity contribution in [2.75, 3.05) is 0 Å². The summed E-state index contributed by atoms with van der Waals surface area (Å²) in [6, 6.07) is 6.90. The summed E-state index contributed by atoms with van der Waals surface area (Å²) >= 11 is 5.82. The summed E-state index contributed by atoms with van der Waals surface area (Å²) in [4.78, 5) is 16.1. The number of ether oxygens (including phenoxy) is 1. The van der Waals surface area contributed by atoms with Crippen LogP contribution in [0.4, 0.5) is 0 Å². The van der Waals surface area contributed by atoms with Gasteiger partial charge in [-0.25, -0.2) is 9.67 Å².